The lowest BCUT2D eigenvalue weighted by Gasteiger charge is -2.30. The van der Waals surface area contributed by atoms with Gasteiger partial charge in [-0.15, -0.1) is 0 Å². The third-order valence-electron chi connectivity index (χ3n) is 4.69. The molecule has 0 unspecified atom stereocenters. The second kappa shape index (κ2) is 7.66. The van der Waals surface area contributed by atoms with Crippen LogP contribution in [0.1, 0.15) is 29.6 Å². The molecule has 24 heavy (non-hydrogen) atoms. The van der Waals surface area contributed by atoms with E-state index in [1.807, 2.05) is 24.3 Å². The summed E-state index contributed by atoms with van der Waals surface area (Å²) in [6, 6.07) is 7.78. The maximum absolute atomic E-state index is 12.3. The van der Waals surface area contributed by atoms with Crippen LogP contribution in [0.25, 0.3) is 0 Å². The van der Waals surface area contributed by atoms with Gasteiger partial charge in [0, 0.05) is 44.5 Å². The van der Waals surface area contributed by atoms with Gasteiger partial charge in [-0.2, -0.15) is 0 Å². The molecule has 3 rings (SSSR count). The van der Waals surface area contributed by atoms with Gasteiger partial charge in [-0.1, -0.05) is 0 Å². The van der Waals surface area contributed by atoms with E-state index >= 15 is 0 Å². The van der Waals surface area contributed by atoms with Crippen molar-refractivity contribution < 1.29 is 14.3 Å². The van der Waals surface area contributed by atoms with Crippen LogP contribution >= 0.6 is 0 Å². The molecule has 2 fully saturated rings. The van der Waals surface area contributed by atoms with Crippen LogP contribution < -0.4 is 10.2 Å². The maximum Gasteiger partial charge on any atom is 0.251 e. The van der Waals surface area contributed by atoms with Crippen LogP contribution in [0.5, 0.6) is 0 Å². The second-order valence-electron chi connectivity index (χ2n) is 6.51. The molecule has 2 saturated heterocycles. The number of carbonyl (C=O) groups excluding carboxylic acids is 2. The van der Waals surface area contributed by atoms with Crippen molar-refractivity contribution in [1.29, 1.82) is 0 Å². The number of carbonyl (C=O) groups is 2. The highest BCUT2D eigenvalue weighted by atomic mass is 16.5. The fourth-order valence-electron chi connectivity index (χ4n) is 3.17. The second-order valence-corrected chi connectivity index (χ2v) is 6.51. The summed E-state index contributed by atoms with van der Waals surface area (Å²) in [5.41, 5.74) is 1.83. The summed E-state index contributed by atoms with van der Waals surface area (Å²) in [6.07, 6.45) is 3.63. The van der Waals surface area contributed by atoms with Crippen molar-refractivity contribution in [2.75, 3.05) is 44.7 Å². The molecule has 1 atom stereocenters. The summed E-state index contributed by atoms with van der Waals surface area (Å²) in [7, 11) is 1.75. The Hall–Kier alpha value is -2.08. The summed E-state index contributed by atoms with van der Waals surface area (Å²) in [6.45, 7) is 3.19. The molecule has 2 aliphatic heterocycles. The van der Waals surface area contributed by atoms with E-state index < -0.39 is 0 Å². The minimum atomic E-state index is -0.149. The van der Waals surface area contributed by atoms with Gasteiger partial charge in [0.2, 0.25) is 5.91 Å². The highest BCUT2D eigenvalue weighted by molar-refractivity contribution is 5.94. The number of ether oxygens (including phenoxy) is 1. The van der Waals surface area contributed by atoms with Crippen LogP contribution in [-0.2, 0) is 9.53 Å². The molecule has 2 aliphatic rings. The third-order valence-corrected chi connectivity index (χ3v) is 4.69. The van der Waals surface area contributed by atoms with Crippen molar-refractivity contribution >= 4 is 17.5 Å². The van der Waals surface area contributed by atoms with Crippen LogP contribution in [0.15, 0.2) is 24.3 Å². The zero-order valence-corrected chi connectivity index (χ0v) is 14.2. The molecule has 6 nitrogen and oxygen atoms in total. The van der Waals surface area contributed by atoms with E-state index in [0.717, 1.165) is 13.1 Å². The largest absolute Gasteiger partial charge is 0.372 e. The van der Waals surface area contributed by atoms with Gasteiger partial charge in [0.25, 0.3) is 5.91 Å². The van der Waals surface area contributed by atoms with Crippen molar-refractivity contribution in [1.82, 2.24) is 10.2 Å². The summed E-state index contributed by atoms with van der Waals surface area (Å²) in [5, 5.41) is 2.89. The first kappa shape index (κ1) is 16.8. The van der Waals surface area contributed by atoms with E-state index in [1.165, 1.54) is 24.9 Å². The highest BCUT2D eigenvalue weighted by Crippen LogP contribution is 2.20. The van der Waals surface area contributed by atoms with Gasteiger partial charge in [-0.25, -0.2) is 0 Å². The Balaban J connectivity index is 1.50. The molecule has 1 aromatic rings. The molecular formula is C18H25N3O3. The smallest absolute Gasteiger partial charge is 0.251 e. The van der Waals surface area contributed by atoms with E-state index in [2.05, 4.69) is 10.2 Å². The average molecular weight is 331 g/mol. The number of nitrogens with zero attached hydrogens (tertiary/aromatic N) is 2. The SMILES string of the molecule is CN1C[C@H](CNC(=O)c2ccc(N3CCCCC3)cc2)OCC1=O. The molecule has 1 N–H and O–H groups in total. The monoisotopic (exact) mass is 331 g/mol. The predicted molar refractivity (Wildman–Crippen MR) is 92.2 cm³/mol. The molecule has 2 amide bonds. The van der Waals surface area contributed by atoms with Crippen molar-refractivity contribution in [3.05, 3.63) is 29.8 Å². The number of amides is 2. The molecular weight excluding hydrogens is 306 g/mol. The van der Waals surface area contributed by atoms with Crippen LogP contribution in [0.3, 0.4) is 0 Å². The van der Waals surface area contributed by atoms with Crippen LogP contribution in [0, 0.1) is 0 Å². The van der Waals surface area contributed by atoms with Crippen molar-refractivity contribution in [2.45, 2.75) is 25.4 Å². The molecule has 0 spiro atoms. The summed E-state index contributed by atoms with van der Waals surface area (Å²) in [4.78, 5) is 27.6. The third kappa shape index (κ3) is 4.06. The predicted octanol–water partition coefficient (Wildman–Crippen LogP) is 1.26. The van der Waals surface area contributed by atoms with E-state index in [9.17, 15) is 9.59 Å². The Kier molecular flexibility index (Phi) is 5.35. The lowest BCUT2D eigenvalue weighted by molar-refractivity contribution is -0.146. The van der Waals surface area contributed by atoms with E-state index in [4.69, 9.17) is 4.74 Å². The molecule has 1 aromatic carbocycles. The van der Waals surface area contributed by atoms with Gasteiger partial charge in [0.05, 0.1) is 6.10 Å². The first-order chi connectivity index (χ1) is 11.6. The number of anilines is 1. The summed E-state index contributed by atoms with van der Waals surface area (Å²) >= 11 is 0. The molecule has 0 aliphatic carbocycles. The number of benzene rings is 1. The molecule has 0 radical (unpaired) electrons. The first-order valence-electron chi connectivity index (χ1n) is 8.62. The van der Waals surface area contributed by atoms with Gasteiger partial charge in [0.15, 0.2) is 0 Å². The number of nitrogens with one attached hydrogen (secondary N) is 1. The average Bonchev–Trinajstić information content (AvgIpc) is 2.63. The minimum Gasteiger partial charge on any atom is -0.372 e. The minimum absolute atomic E-state index is 0.0223. The van der Waals surface area contributed by atoms with E-state index in [-0.39, 0.29) is 24.5 Å². The highest BCUT2D eigenvalue weighted by Gasteiger charge is 2.23. The van der Waals surface area contributed by atoms with Gasteiger partial charge >= 0.3 is 0 Å². The van der Waals surface area contributed by atoms with Gasteiger partial charge < -0.3 is 19.9 Å². The zero-order valence-electron chi connectivity index (χ0n) is 14.2. The Morgan fingerprint density at radius 2 is 1.92 bits per heavy atom. The Morgan fingerprint density at radius 3 is 2.58 bits per heavy atom. The summed E-state index contributed by atoms with van der Waals surface area (Å²) < 4.78 is 5.43. The normalized spacial score (nSPS) is 21.7. The molecule has 6 heteroatoms. The van der Waals surface area contributed by atoms with Gasteiger partial charge in [-0.3, -0.25) is 9.59 Å². The Bertz CT molecular complexity index is 582. The quantitative estimate of drug-likeness (QED) is 0.902. The maximum atomic E-state index is 12.3. The first-order valence-corrected chi connectivity index (χ1v) is 8.62. The van der Waals surface area contributed by atoms with E-state index in [0.29, 0.717) is 18.7 Å². The van der Waals surface area contributed by atoms with Crippen molar-refractivity contribution in [3.63, 3.8) is 0 Å². The van der Waals surface area contributed by atoms with Crippen LogP contribution in [0.4, 0.5) is 5.69 Å². The zero-order chi connectivity index (χ0) is 16.9. The molecule has 0 saturated carbocycles. The number of piperidine rings is 1. The van der Waals surface area contributed by atoms with E-state index in [1.54, 1.807) is 11.9 Å². The van der Waals surface area contributed by atoms with Crippen molar-refractivity contribution in [2.24, 2.45) is 0 Å². The van der Waals surface area contributed by atoms with Crippen LogP contribution in [-0.4, -0.2) is 62.7 Å². The number of hydrogen-bond acceptors (Lipinski definition) is 4. The fourth-order valence-corrected chi connectivity index (χ4v) is 3.17. The Labute approximate surface area is 142 Å². The molecule has 0 bridgehead atoms. The standard InChI is InChI=1S/C18H25N3O3/c1-20-12-16(24-13-17(20)22)11-19-18(23)14-5-7-15(8-6-14)21-9-3-2-4-10-21/h5-8,16H,2-4,9-13H2,1H3,(H,19,23)/t16-/m0/s1. The number of morpholine rings is 1. The van der Waals surface area contributed by atoms with Gasteiger partial charge in [0.1, 0.15) is 6.61 Å². The lowest BCUT2D eigenvalue weighted by Crippen LogP contribution is -2.48. The lowest BCUT2D eigenvalue weighted by atomic mass is 10.1. The van der Waals surface area contributed by atoms with Gasteiger partial charge in [-0.05, 0) is 43.5 Å². The van der Waals surface area contributed by atoms with Crippen molar-refractivity contribution in [3.8, 4) is 0 Å². The fraction of sp³-hybridized carbons (Fsp3) is 0.556. The Morgan fingerprint density at radius 1 is 1.21 bits per heavy atom. The molecule has 130 valence electrons. The molecule has 0 aromatic heterocycles. The number of rotatable bonds is 4. The number of hydrogen-bond donors (Lipinski definition) is 1. The number of likely N-dealkylation sites (N-methyl/N-ethyl adjacent to an activating group) is 1. The summed E-state index contributed by atoms with van der Waals surface area (Å²) in [5.74, 6) is -0.130. The van der Waals surface area contributed by atoms with Crippen LogP contribution in [0.2, 0.25) is 0 Å². The topological polar surface area (TPSA) is 61.9 Å². The molecule has 2 heterocycles.